The lowest BCUT2D eigenvalue weighted by atomic mass is 10.1. The maximum absolute atomic E-state index is 5.36. The zero-order chi connectivity index (χ0) is 38.9. The van der Waals surface area contributed by atoms with Crippen molar-refractivity contribution >= 4 is 54.6 Å². The molecule has 276 valence electrons. The maximum atomic E-state index is 5.36. The third kappa shape index (κ3) is 5.22. The van der Waals surface area contributed by atoms with Gasteiger partial charge in [0.2, 0.25) is 5.95 Å². The van der Waals surface area contributed by atoms with Gasteiger partial charge in [-0.3, -0.25) is 9.13 Å². The van der Waals surface area contributed by atoms with Crippen molar-refractivity contribution in [2.75, 3.05) is 0 Å². The molecule has 0 fully saturated rings. The van der Waals surface area contributed by atoms with Crippen molar-refractivity contribution in [2.24, 2.45) is 0 Å². The highest BCUT2D eigenvalue weighted by molar-refractivity contribution is 6.24. The van der Waals surface area contributed by atoms with E-state index in [2.05, 4.69) is 171 Å². The van der Waals surface area contributed by atoms with Crippen LogP contribution in [-0.4, -0.2) is 33.6 Å². The molecule has 0 unspecified atom stereocenters. The SMILES string of the molecule is c1ccc(-c2nc(-c3ccccc3)nc(-n3c4ccccc4c4ccc5c6cc7nc(-c8ccccc8)n(-c8ccccc8)c7cc6n(-c6ccccc6)c5c43)n2)cc1. The lowest BCUT2D eigenvalue weighted by Crippen LogP contribution is -2.07. The standard InChI is InChI=1S/C52H33N7/c1-6-18-34(19-7-1)49-54-50(35-20-8-2-9-21-35)56-52(55-49)59-44-29-17-16-28-39(44)40-30-31-41-42-32-43-46(33-45(42)57(47(41)48(40)59)37-24-12-4-13-25-37)58(38-26-14-5-15-27-38)51(53-43)36-22-10-3-11-23-36/h1-33H. The van der Waals surface area contributed by atoms with Crippen molar-refractivity contribution < 1.29 is 0 Å². The predicted octanol–water partition coefficient (Wildman–Crippen LogP) is 12.4. The Bertz CT molecular complexity index is 3460. The number of nitrogens with zero attached hydrogens (tertiary/aromatic N) is 7. The van der Waals surface area contributed by atoms with Crippen molar-refractivity contribution in [3.63, 3.8) is 0 Å². The number of aromatic nitrogens is 7. The van der Waals surface area contributed by atoms with Crippen LogP contribution in [0.1, 0.15) is 0 Å². The molecule has 59 heavy (non-hydrogen) atoms. The zero-order valence-electron chi connectivity index (χ0n) is 31.7. The summed E-state index contributed by atoms with van der Waals surface area (Å²) in [7, 11) is 0. The van der Waals surface area contributed by atoms with Gasteiger partial charge in [0.05, 0.1) is 33.1 Å². The Labute approximate surface area is 338 Å². The quantitative estimate of drug-likeness (QED) is 0.169. The zero-order valence-corrected chi connectivity index (χ0v) is 31.7. The van der Waals surface area contributed by atoms with E-state index in [4.69, 9.17) is 19.9 Å². The van der Waals surface area contributed by atoms with Gasteiger partial charge in [-0.05, 0) is 42.5 Å². The molecule has 0 aliphatic rings. The second kappa shape index (κ2) is 13.2. The first kappa shape index (κ1) is 33.0. The van der Waals surface area contributed by atoms with Gasteiger partial charge in [-0.1, -0.05) is 158 Å². The predicted molar refractivity (Wildman–Crippen MR) is 239 cm³/mol. The summed E-state index contributed by atoms with van der Waals surface area (Å²) in [5.74, 6) is 2.67. The second-order valence-corrected chi connectivity index (χ2v) is 14.7. The topological polar surface area (TPSA) is 66.3 Å². The van der Waals surface area contributed by atoms with Gasteiger partial charge in [0.15, 0.2) is 11.6 Å². The molecule has 12 aromatic rings. The van der Waals surface area contributed by atoms with Crippen LogP contribution in [-0.2, 0) is 0 Å². The van der Waals surface area contributed by atoms with Crippen LogP contribution in [0.5, 0.6) is 0 Å². The molecule has 7 nitrogen and oxygen atoms in total. The number of para-hydroxylation sites is 3. The van der Waals surface area contributed by atoms with Crippen LogP contribution >= 0.6 is 0 Å². The highest BCUT2D eigenvalue weighted by Crippen LogP contribution is 2.43. The Morgan fingerprint density at radius 1 is 0.305 bits per heavy atom. The Morgan fingerprint density at radius 2 is 0.797 bits per heavy atom. The van der Waals surface area contributed by atoms with Crippen molar-refractivity contribution in [1.82, 2.24) is 33.6 Å². The van der Waals surface area contributed by atoms with Crippen molar-refractivity contribution in [1.29, 1.82) is 0 Å². The van der Waals surface area contributed by atoms with E-state index in [-0.39, 0.29) is 0 Å². The molecule has 0 bridgehead atoms. The summed E-state index contributed by atoms with van der Waals surface area (Å²) in [6.07, 6.45) is 0. The molecule has 7 heteroatoms. The summed E-state index contributed by atoms with van der Waals surface area (Å²) in [5.41, 5.74) is 11.1. The average molecular weight is 756 g/mol. The van der Waals surface area contributed by atoms with Crippen LogP contribution in [0.25, 0.3) is 106 Å². The summed E-state index contributed by atoms with van der Waals surface area (Å²) < 4.78 is 6.93. The number of hydrogen-bond donors (Lipinski definition) is 0. The molecule has 0 saturated carbocycles. The summed E-state index contributed by atoms with van der Waals surface area (Å²) in [6.45, 7) is 0. The van der Waals surface area contributed by atoms with E-state index >= 15 is 0 Å². The number of imidazole rings is 1. The minimum Gasteiger partial charge on any atom is -0.307 e. The van der Waals surface area contributed by atoms with Crippen LogP contribution in [0.3, 0.4) is 0 Å². The smallest absolute Gasteiger partial charge is 0.238 e. The lowest BCUT2D eigenvalue weighted by Gasteiger charge is -2.13. The molecular weight excluding hydrogens is 723 g/mol. The van der Waals surface area contributed by atoms with E-state index in [1.807, 2.05) is 42.5 Å². The summed E-state index contributed by atoms with van der Waals surface area (Å²) in [5, 5.41) is 4.45. The van der Waals surface area contributed by atoms with Crippen molar-refractivity contribution in [2.45, 2.75) is 0 Å². The van der Waals surface area contributed by atoms with Gasteiger partial charge in [-0.2, -0.15) is 9.97 Å². The van der Waals surface area contributed by atoms with Crippen LogP contribution in [0.4, 0.5) is 0 Å². The van der Waals surface area contributed by atoms with Crippen LogP contribution in [0.15, 0.2) is 200 Å². The Kier molecular flexibility index (Phi) is 7.40. The Balaban J connectivity index is 1.24. The Hall–Kier alpha value is -8.16. The van der Waals surface area contributed by atoms with E-state index in [9.17, 15) is 0 Å². The van der Waals surface area contributed by atoms with Gasteiger partial charge in [0.1, 0.15) is 5.82 Å². The fourth-order valence-corrected chi connectivity index (χ4v) is 8.69. The third-order valence-electron chi connectivity index (χ3n) is 11.3. The van der Waals surface area contributed by atoms with Crippen molar-refractivity contribution in [3.8, 4) is 51.5 Å². The number of hydrogen-bond acceptors (Lipinski definition) is 4. The first-order valence-corrected chi connectivity index (χ1v) is 19.7. The van der Waals surface area contributed by atoms with E-state index < -0.39 is 0 Å². The fourth-order valence-electron chi connectivity index (χ4n) is 8.69. The van der Waals surface area contributed by atoms with Gasteiger partial charge in [0, 0.05) is 49.6 Å². The van der Waals surface area contributed by atoms with E-state index in [0.29, 0.717) is 17.6 Å². The molecule has 4 aromatic heterocycles. The maximum Gasteiger partial charge on any atom is 0.238 e. The average Bonchev–Trinajstić information content (AvgIpc) is 3.97. The van der Waals surface area contributed by atoms with Crippen LogP contribution < -0.4 is 0 Å². The Morgan fingerprint density at radius 3 is 1.41 bits per heavy atom. The third-order valence-corrected chi connectivity index (χ3v) is 11.3. The molecule has 4 heterocycles. The van der Waals surface area contributed by atoms with Gasteiger partial charge >= 0.3 is 0 Å². The molecule has 0 spiro atoms. The van der Waals surface area contributed by atoms with E-state index in [0.717, 1.165) is 88.5 Å². The largest absolute Gasteiger partial charge is 0.307 e. The monoisotopic (exact) mass is 755 g/mol. The molecule has 0 N–H and O–H groups in total. The first-order chi connectivity index (χ1) is 29.3. The van der Waals surface area contributed by atoms with Gasteiger partial charge < -0.3 is 4.57 Å². The van der Waals surface area contributed by atoms with Crippen LogP contribution in [0, 0.1) is 0 Å². The molecular formula is C52H33N7. The molecule has 0 saturated heterocycles. The highest BCUT2D eigenvalue weighted by Gasteiger charge is 2.25. The minimum atomic E-state index is 0.552. The lowest BCUT2D eigenvalue weighted by molar-refractivity contribution is 0.953. The molecule has 0 radical (unpaired) electrons. The minimum absolute atomic E-state index is 0.552. The highest BCUT2D eigenvalue weighted by atomic mass is 15.2. The summed E-state index contributed by atoms with van der Waals surface area (Å²) in [4.78, 5) is 20.9. The van der Waals surface area contributed by atoms with Crippen LogP contribution in [0.2, 0.25) is 0 Å². The summed E-state index contributed by atoms with van der Waals surface area (Å²) >= 11 is 0. The van der Waals surface area contributed by atoms with Crippen molar-refractivity contribution in [3.05, 3.63) is 200 Å². The fraction of sp³-hybridized carbons (Fsp3) is 0. The molecule has 0 aliphatic carbocycles. The molecule has 8 aromatic carbocycles. The normalized spacial score (nSPS) is 11.7. The number of fused-ring (bicyclic) bond motifs is 8. The first-order valence-electron chi connectivity index (χ1n) is 19.7. The number of rotatable bonds is 6. The van der Waals surface area contributed by atoms with Gasteiger partial charge in [0.25, 0.3) is 0 Å². The molecule has 0 aliphatic heterocycles. The van der Waals surface area contributed by atoms with E-state index in [1.54, 1.807) is 0 Å². The molecule has 12 rings (SSSR count). The van der Waals surface area contributed by atoms with Gasteiger partial charge in [-0.15, -0.1) is 0 Å². The number of benzene rings is 8. The summed E-state index contributed by atoms with van der Waals surface area (Å²) in [6, 6.07) is 69.6. The second-order valence-electron chi connectivity index (χ2n) is 14.7. The van der Waals surface area contributed by atoms with E-state index in [1.165, 1.54) is 0 Å². The van der Waals surface area contributed by atoms with Gasteiger partial charge in [-0.25, -0.2) is 9.97 Å². The molecule has 0 atom stereocenters. The molecule has 0 amide bonds.